The summed E-state index contributed by atoms with van der Waals surface area (Å²) in [6.07, 6.45) is 3.26. The maximum absolute atomic E-state index is 12.3. The van der Waals surface area contributed by atoms with Gasteiger partial charge in [-0.2, -0.15) is 5.10 Å². The predicted octanol–water partition coefficient (Wildman–Crippen LogP) is 1.06. The van der Waals surface area contributed by atoms with Crippen molar-refractivity contribution in [2.75, 3.05) is 32.7 Å². The Morgan fingerprint density at radius 2 is 1.92 bits per heavy atom. The summed E-state index contributed by atoms with van der Waals surface area (Å²) >= 11 is 6.17. The average molecular weight is 368 g/mol. The van der Waals surface area contributed by atoms with E-state index in [-0.39, 0.29) is 17.9 Å². The van der Waals surface area contributed by atoms with E-state index >= 15 is 0 Å². The summed E-state index contributed by atoms with van der Waals surface area (Å²) in [5.41, 5.74) is 1.55. The summed E-state index contributed by atoms with van der Waals surface area (Å²) < 4.78 is 1.59. The van der Waals surface area contributed by atoms with Crippen LogP contribution in [-0.4, -0.2) is 70.2 Å². The van der Waals surface area contributed by atoms with Crippen molar-refractivity contribution in [3.63, 3.8) is 0 Å². The van der Waals surface area contributed by atoms with E-state index in [1.165, 1.54) is 6.08 Å². The zero-order chi connectivity index (χ0) is 18.6. The Kier molecular flexibility index (Phi) is 6.61. The first-order valence-electron chi connectivity index (χ1n) is 8.45. The highest BCUT2D eigenvalue weighted by atomic mass is 35.5. The summed E-state index contributed by atoms with van der Waals surface area (Å²) in [6.45, 7) is 8.72. The standard InChI is InChI=1S/C17H26ClN5O2/c1-12(2)19-15(24)11-22-7-9-23(10-8-22)16(25)6-5-14-13(3)20-21(4)17(14)18/h5-6,12H,7-11H2,1-4H3,(H,19,24)/b6-5+. The van der Waals surface area contributed by atoms with Gasteiger partial charge in [0.1, 0.15) is 5.15 Å². The quantitative estimate of drug-likeness (QED) is 0.790. The third-order valence-electron chi connectivity index (χ3n) is 4.09. The molecule has 7 nitrogen and oxygen atoms in total. The molecule has 0 unspecified atom stereocenters. The molecule has 0 aliphatic carbocycles. The number of piperazine rings is 1. The highest BCUT2D eigenvalue weighted by Gasteiger charge is 2.21. The topological polar surface area (TPSA) is 70.5 Å². The smallest absolute Gasteiger partial charge is 0.246 e. The second-order valence-electron chi connectivity index (χ2n) is 6.57. The zero-order valence-corrected chi connectivity index (χ0v) is 16.0. The fraction of sp³-hybridized carbons (Fsp3) is 0.588. The van der Waals surface area contributed by atoms with E-state index in [1.807, 2.05) is 20.8 Å². The van der Waals surface area contributed by atoms with E-state index in [2.05, 4.69) is 15.3 Å². The molecule has 0 atom stereocenters. The second kappa shape index (κ2) is 8.49. The number of rotatable bonds is 5. The maximum Gasteiger partial charge on any atom is 0.246 e. The Bertz CT molecular complexity index is 660. The van der Waals surface area contributed by atoms with E-state index in [0.717, 1.165) is 11.3 Å². The summed E-state index contributed by atoms with van der Waals surface area (Å²) in [7, 11) is 1.77. The molecule has 1 aromatic rings. The lowest BCUT2D eigenvalue weighted by Crippen LogP contribution is -2.51. The third kappa shape index (κ3) is 5.31. The van der Waals surface area contributed by atoms with Crippen molar-refractivity contribution < 1.29 is 9.59 Å². The van der Waals surface area contributed by atoms with Crippen LogP contribution in [0.15, 0.2) is 6.08 Å². The predicted molar refractivity (Wildman–Crippen MR) is 98.3 cm³/mol. The third-order valence-corrected chi connectivity index (χ3v) is 4.54. The van der Waals surface area contributed by atoms with Gasteiger partial charge >= 0.3 is 0 Å². The number of nitrogens with zero attached hydrogens (tertiary/aromatic N) is 4. The average Bonchev–Trinajstić information content (AvgIpc) is 2.77. The minimum atomic E-state index is -0.0504. The fourth-order valence-corrected chi connectivity index (χ4v) is 3.03. The van der Waals surface area contributed by atoms with Crippen LogP contribution in [0.1, 0.15) is 25.1 Å². The van der Waals surface area contributed by atoms with Gasteiger partial charge in [-0.3, -0.25) is 19.2 Å². The number of hydrogen-bond donors (Lipinski definition) is 1. The number of carbonyl (C=O) groups excluding carboxylic acids is 2. The zero-order valence-electron chi connectivity index (χ0n) is 15.3. The van der Waals surface area contributed by atoms with Crippen LogP contribution in [0.2, 0.25) is 5.15 Å². The first kappa shape index (κ1) is 19.5. The normalized spacial score (nSPS) is 16.0. The molecule has 1 N–H and O–H groups in total. The minimum absolute atomic E-state index is 0.0244. The van der Waals surface area contributed by atoms with Crippen LogP contribution in [0.3, 0.4) is 0 Å². The van der Waals surface area contributed by atoms with Gasteiger partial charge in [-0.1, -0.05) is 11.6 Å². The van der Waals surface area contributed by atoms with Gasteiger partial charge in [-0.15, -0.1) is 0 Å². The molecule has 8 heteroatoms. The van der Waals surface area contributed by atoms with E-state index in [0.29, 0.717) is 37.9 Å². The maximum atomic E-state index is 12.3. The van der Waals surface area contributed by atoms with E-state index in [1.54, 1.807) is 22.7 Å². The van der Waals surface area contributed by atoms with Crippen molar-refractivity contribution in [1.82, 2.24) is 24.9 Å². The molecule has 0 bridgehead atoms. The molecule has 1 fully saturated rings. The van der Waals surface area contributed by atoms with Gasteiger partial charge in [-0.05, 0) is 26.8 Å². The van der Waals surface area contributed by atoms with Crippen LogP contribution >= 0.6 is 11.6 Å². The monoisotopic (exact) mass is 367 g/mol. The number of hydrogen-bond acceptors (Lipinski definition) is 4. The largest absolute Gasteiger partial charge is 0.353 e. The lowest BCUT2D eigenvalue weighted by Gasteiger charge is -2.33. The van der Waals surface area contributed by atoms with Crippen LogP contribution in [0.4, 0.5) is 0 Å². The summed E-state index contributed by atoms with van der Waals surface area (Å²) in [4.78, 5) is 28.0. The molecule has 2 rings (SSSR count). The van der Waals surface area contributed by atoms with Crippen molar-refractivity contribution in [3.05, 3.63) is 22.5 Å². The Balaban J connectivity index is 1.85. The van der Waals surface area contributed by atoms with Gasteiger partial charge < -0.3 is 10.2 Å². The van der Waals surface area contributed by atoms with Gasteiger partial charge in [0.15, 0.2) is 0 Å². The molecule has 138 valence electrons. The number of amides is 2. The van der Waals surface area contributed by atoms with Crippen molar-refractivity contribution in [1.29, 1.82) is 0 Å². The molecule has 25 heavy (non-hydrogen) atoms. The molecule has 1 aromatic heterocycles. The molecule has 1 aliphatic rings. The van der Waals surface area contributed by atoms with Crippen molar-refractivity contribution >= 4 is 29.5 Å². The Hall–Kier alpha value is -1.86. The molecule has 0 saturated carbocycles. The number of halogens is 1. The lowest BCUT2D eigenvalue weighted by molar-refractivity contribution is -0.128. The number of aromatic nitrogens is 2. The van der Waals surface area contributed by atoms with Crippen LogP contribution in [0, 0.1) is 6.92 Å². The molecular formula is C17H26ClN5O2. The van der Waals surface area contributed by atoms with Crippen molar-refractivity contribution in [2.45, 2.75) is 26.8 Å². The van der Waals surface area contributed by atoms with Gasteiger partial charge in [-0.25, -0.2) is 0 Å². The molecule has 2 amide bonds. The van der Waals surface area contributed by atoms with Crippen LogP contribution in [0.5, 0.6) is 0 Å². The fourth-order valence-electron chi connectivity index (χ4n) is 2.79. The Morgan fingerprint density at radius 1 is 1.28 bits per heavy atom. The van der Waals surface area contributed by atoms with Gasteiger partial charge in [0.25, 0.3) is 0 Å². The molecule has 1 aliphatic heterocycles. The highest BCUT2D eigenvalue weighted by molar-refractivity contribution is 6.31. The molecule has 0 radical (unpaired) electrons. The molecule has 0 spiro atoms. The molecule has 0 aromatic carbocycles. The second-order valence-corrected chi connectivity index (χ2v) is 6.93. The molecule has 2 heterocycles. The molecular weight excluding hydrogens is 342 g/mol. The minimum Gasteiger partial charge on any atom is -0.353 e. The lowest BCUT2D eigenvalue weighted by atomic mass is 10.2. The number of carbonyl (C=O) groups is 2. The highest BCUT2D eigenvalue weighted by Crippen LogP contribution is 2.20. The summed E-state index contributed by atoms with van der Waals surface area (Å²) in [5.74, 6) is -0.0260. The van der Waals surface area contributed by atoms with E-state index < -0.39 is 0 Å². The van der Waals surface area contributed by atoms with E-state index in [9.17, 15) is 9.59 Å². The van der Waals surface area contributed by atoms with Crippen LogP contribution < -0.4 is 5.32 Å². The van der Waals surface area contributed by atoms with Crippen LogP contribution in [0.25, 0.3) is 6.08 Å². The van der Waals surface area contributed by atoms with Crippen molar-refractivity contribution in [3.8, 4) is 0 Å². The molecule has 1 saturated heterocycles. The number of aryl methyl sites for hydroxylation is 2. The first-order valence-corrected chi connectivity index (χ1v) is 8.83. The summed E-state index contributed by atoms with van der Waals surface area (Å²) in [6, 6.07) is 0.142. The summed E-state index contributed by atoms with van der Waals surface area (Å²) in [5, 5.41) is 7.62. The van der Waals surface area contributed by atoms with Gasteiger partial charge in [0.05, 0.1) is 12.2 Å². The Morgan fingerprint density at radius 3 is 2.44 bits per heavy atom. The van der Waals surface area contributed by atoms with Gasteiger partial charge in [0.2, 0.25) is 11.8 Å². The van der Waals surface area contributed by atoms with Gasteiger partial charge in [0, 0.05) is 50.9 Å². The van der Waals surface area contributed by atoms with Crippen LogP contribution in [-0.2, 0) is 16.6 Å². The van der Waals surface area contributed by atoms with E-state index in [4.69, 9.17) is 11.6 Å². The first-order chi connectivity index (χ1) is 11.8. The SMILES string of the molecule is Cc1nn(C)c(Cl)c1/C=C/C(=O)N1CCN(CC(=O)NC(C)C)CC1. The Labute approximate surface area is 153 Å². The van der Waals surface area contributed by atoms with Crippen molar-refractivity contribution in [2.24, 2.45) is 7.05 Å². The number of nitrogens with one attached hydrogen (secondary N) is 1.